The lowest BCUT2D eigenvalue weighted by Gasteiger charge is -2.42. The minimum Gasteiger partial charge on any atom is -0.545 e. The molecular formula is C24H29O2S-. The van der Waals surface area contributed by atoms with E-state index in [1.807, 2.05) is 12.1 Å². The zero-order valence-electron chi connectivity index (χ0n) is 17.0. The van der Waals surface area contributed by atoms with E-state index < -0.39 is 5.97 Å². The number of fused-ring (bicyclic) bond motifs is 1. The number of aryl methyl sites for hydroxylation is 1. The summed E-state index contributed by atoms with van der Waals surface area (Å²) in [5, 5.41) is 11.0. The van der Waals surface area contributed by atoms with Gasteiger partial charge < -0.3 is 9.90 Å². The summed E-state index contributed by atoms with van der Waals surface area (Å²) in [6.07, 6.45) is 4.59. The van der Waals surface area contributed by atoms with Gasteiger partial charge >= 0.3 is 0 Å². The third kappa shape index (κ3) is 4.08. The Hall–Kier alpha value is -1.74. The van der Waals surface area contributed by atoms with Crippen LogP contribution in [0.1, 0.15) is 80.9 Å². The molecule has 0 saturated carbocycles. The third-order valence-corrected chi connectivity index (χ3v) is 6.98. The molecule has 0 radical (unpaired) electrons. The number of aromatic carboxylic acids is 1. The molecule has 2 aromatic carbocycles. The highest BCUT2D eigenvalue weighted by Gasteiger charge is 2.37. The van der Waals surface area contributed by atoms with Gasteiger partial charge in [0.05, 0.1) is 5.97 Å². The van der Waals surface area contributed by atoms with Gasteiger partial charge in [0, 0.05) is 9.79 Å². The molecule has 0 fully saturated rings. The minimum atomic E-state index is -1.13. The van der Waals surface area contributed by atoms with E-state index in [1.54, 1.807) is 23.9 Å². The van der Waals surface area contributed by atoms with Crippen LogP contribution in [0, 0.1) is 0 Å². The molecule has 144 valence electrons. The van der Waals surface area contributed by atoms with E-state index >= 15 is 0 Å². The molecule has 0 aliphatic heterocycles. The summed E-state index contributed by atoms with van der Waals surface area (Å²) in [6, 6.07) is 11.8. The van der Waals surface area contributed by atoms with Crippen molar-refractivity contribution in [2.45, 2.75) is 80.9 Å². The van der Waals surface area contributed by atoms with E-state index in [4.69, 9.17) is 0 Å². The van der Waals surface area contributed by atoms with E-state index in [1.165, 1.54) is 34.4 Å². The highest BCUT2D eigenvalue weighted by molar-refractivity contribution is 7.99. The summed E-state index contributed by atoms with van der Waals surface area (Å²) in [5.74, 6) is -1.13. The van der Waals surface area contributed by atoms with Gasteiger partial charge in [0.25, 0.3) is 0 Å². The van der Waals surface area contributed by atoms with Gasteiger partial charge in [-0.1, -0.05) is 71.0 Å². The lowest BCUT2D eigenvalue weighted by Crippen LogP contribution is -2.34. The molecule has 3 heteroatoms. The number of rotatable bonds is 5. The molecule has 27 heavy (non-hydrogen) atoms. The van der Waals surface area contributed by atoms with Crippen LogP contribution in [0.4, 0.5) is 0 Å². The van der Waals surface area contributed by atoms with Crippen molar-refractivity contribution in [1.29, 1.82) is 0 Å². The van der Waals surface area contributed by atoms with Gasteiger partial charge in [-0.2, -0.15) is 0 Å². The molecule has 0 bridgehead atoms. The Morgan fingerprint density at radius 1 is 1.00 bits per heavy atom. The number of benzene rings is 2. The van der Waals surface area contributed by atoms with Crippen molar-refractivity contribution in [3.63, 3.8) is 0 Å². The van der Waals surface area contributed by atoms with Crippen LogP contribution in [0.15, 0.2) is 46.2 Å². The summed E-state index contributed by atoms with van der Waals surface area (Å²) in [4.78, 5) is 13.3. The zero-order valence-corrected chi connectivity index (χ0v) is 17.8. The first kappa shape index (κ1) is 20.0. The molecule has 0 aromatic heterocycles. The fourth-order valence-corrected chi connectivity index (χ4v) is 4.98. The summed E-state index contributed by atoms with van der Waals surface area (Å²) in [7, 11) is 0. The maximum absolute atomic E-state index is 11.0. The predicted octanol–water partition coefficient (Wildman–Crippen LogP) is 5.50. The first-order valence-corrected chi connectivity index (χ1v) is 10.6. The van der Waals surface area contributed by atoms with Crippen LogP contribution in [0.25, 0.3) is 0 Å². The van der Waals surface area contributed by atoms with Crippen molar-refractivity contribution >= 4 is 17.7 Å². The second-order valence-electron chi connectivity index (χ2n) is 8.94. The molecule has 0 spiro atoms. The maximum Gasteiger partial charge on any atom is 0.0715 e. The fraction of sp³-hybridized carbons (Fsp3) is 0.458. The third-order valence-electron chi connectivity index (χ3n) is 5.87. The van der Waals surface area contributed by atoms with Gasteiger partial charge in [-0.15, -0.1) is 0 Å². The van der Waals surface area contributed by atoms with Crippen LogP contribution >= 0.6 is 11.8 Å². The predicted molar refractivity (Wildman–Crippen MR) is 111 cm³/mol. The van der Waals surface area contributed by atoms with E-state index in [0.717, 1.165) is 17.7 Å². The summed E-state index contributed by atoms with van der Waals surface area (Å²) in [6.45, 7) is 11.6. The van der Waals surface area contributed by atoms with Crippen LogP contribution in [-0.2, 0) is 17.3 Å². The molecule has 2 nitrogen and oxygen atoms in total. The Balaban J connectivity index is 2.05. The number of carbonyl (C=O) groups excluding carboxylic acids is 1. The summed E-state index contributed by atoms with van der Waals surface area (Å²) < 4.78 is 0. The van der Waals surface area contributed by atoms with Gasteiger partial charge in [-0.25, -0.2) is 0 Å². The van der Waals surface area contributed by atoms with E-state index in [-0.39, 0.29) is 16.4 Å². The van der Waals surface area contributed by atoms with Gasteiger partial charge in [0.15, 0.2) is 0 Å². The zero-order chi connectivity index (χ0) is 19.8. The second kappa shape index (κ2) is 7.35. The van der Waals surface area contributed by atoms with Crippen molar-refractivity contribution in [2.24, 2.45) is 0 Å². The maximum atomic E-state index is 11.0. The molecule has 0 atom stereocenters. The van der Waals surface area contributed by atoms with E-state index in [2.05, 4.69) is 46.8 Å². The second-order valence-corrected chi connectivity index (χ2v) is 10.1. The number of hydrogen-bond acceptors (Lipinski definition) is 3. The number of carboxylic acids is 1. The molecule has 0 amide bonds. The van der Waals surface area contributed by atoms with Gasteiger partial charge in [-0.05, 0) is 70.5 Å². The van der Waals surface area contributed by atoms with Gasteiger partial charge in [0.1, 0.15) is 0 Å². The van der Waals surface area contributed by atoms with Gasteiger partial charge in [-0.3, -0.25) is 0 Å². The molecule has 0 N–H and O–H groups in total. The van der Waals surface area contributed by atoms with Gasteiger partial charge in [0.2, 0.25) is 0 Å². The molecule has 0 heterocycles. The van der Waals surface area contributed by atoms with Crippen molar-refractivity contribution in [1.82, 2.24) is 0 Å². The average Bonchev–Trinajstić information content (AvgIpc) is 2.61. The average molecular weight is 382 g/mol. The molecule has 1 aliphatic rings. The number of hydrogen-bond donors (Lipinski definition) is 0. The lowest BCUT2D eigenvalue weighted by molar-refractivity contribution is -0.255. The van der Waals surface area contributed by atoms with Crippen molar-refractivity contribution in [3.8, 4) is 0 Å². The highest BCUT2D eigenvalue weighted by Crippen LogP contribution is 2.48. The normalized spacial score (nSPS) is 17.4. The standard InChI is InChI=1S/C24H30O2S/c1-6-7-17-14-19-20(24(4,5)13-12-23(19,2)3)15-21(17)27-18-10-8-16(9-11-18)22(25)26/h8-11,14-15H,6-7,12-13H2,1-5H3,(H,25,26)/p-1. The molecule has 3 rings (SSSR count). The summed E-state index contributed by atoms with van der Waals surface area (Å²) in [5.41, 5.74) is 4.99. The number of carboxylic acid groups (broad SMARTS) is 1. The van der Waals surface area contributed by atoms with Crippen LogP contribution in [0.5, 0.6) is 0 Å². The van der Waals surface area contributed by atoms with Crippen LogP contribution < -0.4 is 5.11 Å². The molecule has 1 aliphatic carbocycles. The quantitative estimate of drug-likeness (QED) is 0.686. The largest absolute Gasteiger partial charge is 0.545 e. The van der Waals surface area contributed by atoms with Crippen LogP contribution in [0.3, 0.4) is 0 Å². The molecule has 2 aromatic rings. The fourth-order valence-electron chi connectivity index (χ4n) is 3.98. The Morgan fingerprint density at radius 2 is 1.56 bits per heavy atom. The first-order chi connectivity index (χ1) is 12.6. The topological polar surface area (TPSA) is 40.1 Å². The van der Waals surface area contributed by atoms with Crippen molar-refractivity contribution < 1.29 is 9.90 Å². The lowest BCUT2D eigenvalue weighted by atomic mass is 9.63. The van der Waals surface area contributed by atoms with Crippen LogP contribution in [-0.4, -0.2) is 5.97 Å². The Kier molecular flexibility index (Phi) is 5.45. The van der Waals surface area contributed by atoms with E-state index in [0.29, 0.717) is 0 Å². The molecular weight excluding hydrogens is 352 g/mol. The Bertz CT molecular complexity index is 847. The molecule has 0 saturated heterocycles. The molecule has 0 unspecified atom stereocenters. The van der Waals surface area contributed by atoms with E-state index in [9.17, 15) is 9.90 Å². The summed E-state index contributed by atoms with van der Waals surface area (Å²) >= 11 is 1.73. The highest BCUT2D eigenvalue weighted by atomic mass is 32.2. The monoisotopic (exact) mass is 381 g/mol. The van der Waals surface area contributed by atoms with Crippen molar-refractivity contribution in [2.75, 3.05) is 0 Å². The smallest absolute Gasteiger partial charge is 0.0715 e. The SMILES string of the molecule is CCCc1cc2c(cc1Sc1ccc(C(=O)[O-])cc1)C(C)(C)CCC2(C)C. The van der Waals surface area contributed by atoms with Crippen LogP contribution in [0.2, 0.25) is 0 Å². The Morgan fingerprint density at radius 3 is 2.07 bits per heavy atom. The first-order valence-electron chi connectivity index (χ1n) is 9.81. The minimum absolute atomic E-state index is 0.184. The number of carbonyl (C=O) groups is 1. The van der Waals surface area contributed by atoms with Crippen molar-refractivity contribution in [3.05, 3.63) is 58.7 Å². The Labute approximate surface area is 167 Å².